The van der Waals surface area contributed by atoms with Crippen molar-refractivity contribution in [3.05, 3.63) is 28.7 Å². The van der Waals surface area contributed by atoms with Gasteiger partial charge in [0.1, 0.15) is 9.77 Å². The number of ether oxygens (including phenoxy) is 1. The van der Waals surface area contributed by atoms with Crippen molar-refractivity contribution in [2.24, 2.45) is 0 Å². The maximum absolute atomic E-state index is 13.2. The summed E-state index contributed by atoms with van der Waals surface area (Å²) in [7, 11) is -2.48. The fourth-order valence-corrected chi connectivity index (χ4v) is 7.18. The number of fused-ring (bicyclic) bond motifs is 2. The molecule has 0 saturated carbocycles. The van der Waals surface area contributed by atoms with Crippen molar-refractivity contribution in [3.63, 3.8) is 0 Å². The minimum absolute atomic E-state index is 0.0560. The zero-order valence-corrected chi connectivity index (χ0v) is 15.2. The van der Waals surface area contributed by atoms with Gasteiger partial charge in [-0.2, -0.15) is 4.31 Å². The smallest absolute Gasteiger partial charge is 0.349 e. The van der Waals surface area contributed by atoms with Gasteiger partial charge in [-0.15, -0.1) is 16.4 Å². The Hall–Kier alpha value is -1.78. The Bertz CT molecular complexity index is 863. The van der Waals surface area contributed by atoms with Crippen LogP contribution < -0.4 is 0 Å². The number of piperidine rings is 1. The number of esters is 1. The first-order valence-electron chi connectivity index (χ1n) is 8.07. The van der Waals surface area contributed by atoms with E-state index in [1.807, 2.05) is 10.9 Å². The van der Waals surface area contributed by atoms with E-state index in [2.05, 4.69) is 10.3 Å². The van der Waals surface area contributed by atoms with Crippen molar-refractivity contribution in [1.82, 2.24) is 19.3 Å². The van der Waals surface area contributed by atoms with Gasteiger partial charge in [-0.1, -0.05) is 5.21 Å². The number of aromatic nitrogens is 3. The number of carbonyl (C=O) groups excluding carboxylic acids is 1. The van der Waals surface area contributed by atoms with E-state index in [1.54, 1.807) is 15.9 Å². The highest BCUT2D eigenvalue weighted by Crippen LogP contribution is 2.44. The molecule has 10 heteroatoms. The normalized spacial score (nSPS) is 26.7. The Morgan fingerprint density at radius 2 is 2.00 bits per heavy atom. The summed E-state index contributed by atoms with van der Waals surface area (Å²) in [6, 6.07) is 1.50. The van der Waals surface area contributed by atoms with Gasteiger partial charge in [-0.3, -0.25) is 0 Å². The summed E-state index contributed by atoms with van der Waals surface area (Å²) >= 11 is 1.09. The SMILES string of the molecule is COC(=O)c1sccc1S(=O)(=O)N1C2CCC1CC(n1ccnn1)C2. The third-order valence-electron chi connectivity index (χ3n) is 5.01. The Kier molecular flexibility index (Phi) is 4.13. The molecule has 4 rings (SSSR count). The molecular formula is C15H18N4O4S2. The molecule has 2 bridgehead atoms. The largest absolute Gasteiger partial charge is 0.465 e. The Balaban J connectivity index is 1.65. The third-order valence-corrected chi connectivity index (χ3v) is 8.08. The molecule has 2 atom stereocenters. The van der Waals surface area contributed by atoms with Crippen LogP contribution in [0.25, 0.3) is 0 Å². The molecule has 0 spiro atoms. The lowest BCUT2D eigenvalue weighted by molar-refractivity contribution is 0.0602. The molecule has 2 aliphatic rings. The lowest BCUT2D eigenvalue weighted by atomic mass is 10.00. The van der Waals surface area contributed by atoms with Gasteiger partial charge in [-0.25, -0.2) is 17.9 Å². The first-order valence-corrected chi connectivity index (χ1v) is 10.4. The van der Waals surface area contributed by atoms with Crippen LogP contribution in [-0.4, -0.2) is 52.9 Å². The van der Waals surface area contributed by atoms with Crippen LogP contribution in [0.2, 0.25) is 0 Å². The maximum Gasteiger partial charge on any atom is 0.349 e. The van der Waals surface area contributed by atoms with Crippen molar-refractivity contribution in [2.75, 3.05) is 7.11 Å². The van der Waals surface area contributed by atoms with Crippen LogP contribution in [0.15, 0.2) is 28.7 Å². The molecule has 0 radical (unpaired) electrons. The molecule has 0 aromatic carbocycles. The average Bonchev–Trinajstić information content (AvgIpc) is 3.33. The molecule has 2 aromatic heterocycles. The van der Waals surface area contributed by atoms with Gasteiger partial charge in [0.05, 0.1) is 19.3 Å². The number of hydrogen-bond donors (Lipinski definition) is 0. The lowest BCUT2D eigenvalue weighted by Gasteiger charge is -2.37. The fourth-order valence-electron chi connectivity index (χ4n) is 3.98. The summed E-state index contributed by atoms with van der Waals surface area (Å²) in [5.41, 5.74) is 0. The molecular weight excluding hydrogens is 364 g/mol. The Morgan fingerprint density at radius 3 is 2.60 bits per heavy atom. The first kappa shape index (κ1) is 16.7. The second-order valence-corrected chi connectivity index (χ2v) is 9.06. The van der Waals surface area contributed by atoms with Crippen molar-refractivity contribution in [2.45, 2.75) is 48.7 Å². The number of rotatable bonds is 4. The van der Waals surface area contributed by atoms with Crippen LogP contribution in [0, 0.1) is 0 Å². The predicted molar refractivity (Wildman–Crippen MR) is 89.8 cm³/mol. The van der Waals surface area contributed by atoms with E-state index >= 15 is 0 Å². The summed E-state index contributed by atoms with van der Waals surface area (Å²) in [6.07, 6.45) is 6.52. The van der Waals surface area contributed by atoms with Gasteiger partial charge in [0.25, 0.3) is 0 Å². The second kappa shape index (κ2) is 6.19. The highest BCUT2D eigenvalue weighted by molar-refractivity contribution is 7.89. The monoisotopic (exact) mass is 382 g/mol. The third kappa shape index (κ3) is 2.68. The summed E-state index contributed by atoms with van der Waals surface area (Å²) < 4.78 is 34.6. The quantitative estimate of drug-likeness (QED) is 0.747. The van der Waals surface area contributed by atoms with E-state index in [0.29, 0.717) is 12.8 Å². The van der Waals surface area contributed by atoms with Gasteiger partial charge >= 0.3 is 5.97 Å². The Labute approximate surface area is 149 Å². The predicted octanol–water partition coefficient (Wildman–Crippen LogP) is 1.68. The number of methoxy groups -OCH3 is 1. The van der Waals surface area contributed by atoms with E-state index in [0.717, 1.165) is 24.2 Å². The highest BCUT2D eigenvalue weighted by atomic mass is 32.2. The molecule has 0 amide bonds. The first-order chi connectivity index (χ1) is 12.0. The van der Waals surface area contributed by atoms with Gasteiger partial charge in [0.15, 0.2) is 0 Å². The van der Waals surface area contributed by atoms with Gasteiger partial charge < -0.3 is 4.74 Å². The number of hydrogen-bond acceptors (Lipinski definition) is 7. The molecule has 0 N–H and O–H groups in total. The van der Waals surface area contributed by atoms with Crippen molar-refractivity contribution in [1.29, 1.82) is 0 Å². The molecule has 2 fully saturated rings. The molecule has 25 heavy (non-hydrogen) atoms. The number of nitrogens with zero attached hydrogens (tertiary/aromatic N) is 4. The van der Waals surface area contributed by atoms with Crippen molar-refractivity contribution < 1.29 is 17.9 Å². The number of sulfonamides is 1. The Morgan fingerprint density at radius 1 is 1.28 bits per heavy atom. The molecule has 8 nitrogen and oxygen atoms in total. The van der Waals surface area contributed by atoms with Crippen LogP contribution in [0.5, 0.6) is 0 Å². The standard InChI is InChI=1S/C15H18N4O4S2/c1-23-15(20)14-13(4-7-24-14)25(21,22)19-10-2-3-11(19)9-12(8-10)18-6-5-16-17-18/h4-7,10-12H,2-3,8-9H2,1H3. The van der Waals surface area contributed by atoms with Crippen LogP contribution in [0.3, 0.4) is 0 Å². The summed E-state index contributed by atoms with van der Waals surface area (Å²) in [6.45, 7) is 0. The fraction of sp³-hybridized carbons (Fsp3) is 0.533. The molecule has 4 heterocycles. The zero-order chi connectivity index (χ0) is 17.6. The van der Waals surface area contributed by atoms with E-state index in [9.17, 15) is 13.2 Å². The lowest BCUT2D eigenvalue weighted by Crippen LogP contribution is -2.47. The average molecular weight is 382 g/mol. The highest BCUT2D eigenvalue weighted by Gasteiger charge is 2.48. The molecule has 2 unspecified atom stereocenters. The summed E-state index contributed by atoms with van der Waals surface area (Å²) in [5.74, 6) is -0.613. The van der Waals surface area contributed by atoms with Crippen LogP contribution in [0.1, 0.15) is 41.4 Å². The number of carbonyl (C=O) groups is 1. The summed E-state index contributed by atoms with van der Waals surface area (Å²) in [4.78, 5) is 12.1. The molecule has 0 aliphatic carbocycles. The van der Waals surface area contributed by atoms with Crippen LogP contribution >= 0.6 is 11.3 Å². The molecule has 134 valence electrons. The van der Waals surface area contributed by atoms with Gasteiger partial charge in [0.2, 0.25) is 10.0 Å². The second-order valence-electron chi connectivity index (χ2n) is 6.33. The van der Waals surface area contributed by atoms with Crippen LogP contribution in [-0.2, 0) is 14.8 Å². The van der Waals surface area contributed by atoms with E-state index in [1.165, 1.54) is 13.2 Å². The maximum atomic E-state index is 13.2. The topological polar surface area (TPSA) is 94.4 Å². The van der Waals surface area contributed by atoms with E-state index in [-0.39, 0.29) is 27.9 Å². The molecule has 2 saturated heterocycles. The van der Waals surface area contributed by atoms with Gasteiger partial charge in [-0.05, 0) is 37.1 Å². The summed E-state index contributed by atoms with van der Waals surface area (Å²) in [5, 5.41) is 9.52. The molecule has 2 aromatic rings. The van der Waals surface area contributed by atoms with Crippen LogP contribution in [0.4, 0.5) is 0 Å². The zero-order valence-electron chi connectivity index (χ0n) is 13.6. The van der Waals surface area contributed by atoms with Gasteiger partial charge in [0, 0.05) is 18.3 Å². The van der Waals surface area contributed by atoms with Crippen molar-refractivity contribution >= 4 is 27.3 Å². The van der Waals surface area contributed by atoms with Crippen molar-refractivity contribution in [3.8, 4) is 0 Å². The minimum atomic E-state index is -3.73. The molecule has 2 aliphatic heterocycles. The van der Waals surface area contributed by atoms with E-state index < -0.39 is 16.0 Å². The minimum Gasteiger partial charge on any atom is -0.465 e. The number of thiophene rings is 1. The van der Waals surface area contributed by atoms with E-state index in [4.69, 9.17) is 4.74 Å².